The lowest BCUT2D eigenvalue weighted by molar-refractivity contribution is -0.144. The highest BCUT2D eigenvalue weighted by atomic mass is 35.5. The Kier molecular flexibility index (Phi) is 9.74. The van der Waals surface area contributed by atoms with E-state index < -0.39 is 11.8 Å². The highest BCUT2D eigenvalue weighted by Crippen LogP contribution is 2.39. The van der Waals surface area contributed by atoms with E-state index in [0.717, 1.165) is 25.7 Å². The molecule has 2 aliphatic carbocycles. The molecular weight excluding hydrogens is 565 g/mol. The molecule has 11 heteroatoms. The van der Waals surface area contributed by atoms with Gasteiger partial charge in [-0.3, -0.25) is 14.4 Å². The van der Waals surface area contributed by atoms with Crippen LogP contribution in [0.4, 0.5) is 10.1 Å². The first-order valence-corrected chi connectivity index (χ1v) is 15.4. The quantitative estimate of drug-likeness (QED) is 0.423. The van der Waals surface area contributed by atoms with E-state index in [9.17, 15) is 19.5 Å². The number of ether oxygens (including phenoxy) is 2. The van der Waals surface area contributed by atoms with E-state index in [0.29, 0.717) is 56.9 Å². The van der Waals surface area contributed by atoms with Crippen molar-refractivity contribution < 1.29 is 33.4 Å². The van der Waals surface area contributed by atoms with E-state index in [2.05, 4.69) is 10.2 Å². The maximum Gasteiger partial charge on any atom is 0.306 e. The Bertz CT molecular complexity index is 1220. The molecule has 5 rings (SSSR count). The number of nitrogens with one attached hydrogen (secondary N) is 1. The van der Waals surface area contributed by atoms with E-state index in [4.69, 9.17) is 21.1 Å². The summed E-state index contributed by atoms with van der Waals surface area (Å²) < 4.78 is 26.9. The Balaban J connectivity index is 1.20. The molecule has 4 aliphatic rings. The van der Waals surface area contributed by atoms with Gasteiger partial charge in [-0.2, -0.15) is 0 Å². The van der Waals surface area contributed by atoms with Crippen LogP contribution >= 0.6 is 11.6 Å². The number of benzene rings is 1. The summed E-state index contributed by atoms with van der Waals surface area (Å²) in [7, 11) is 3.56. The summed E-state index contributed by atoms with van der Waals surface area (Å²) in [6.07, 6.45) is 8.84. The molecule has 0 radical (unpaired) electrons. The van der Waals surface area contributed by atoms with E-state index in [1.54, 1.807) is 12.0 Å². The maximum atomic E-state index is 15.3. The fraction of sp³-hybridized carbons (Fsp3) is 0.645. The fourth-order valence-electron chi connectivity index (χ4n) is 7.22. The lowest BCUT2D eigenvalue weighted by Crippen LogP contribution is -2.39. The van der Waals surface area contributed by atoms with Crippen LogP contribution in [0, 0.1) is 17.7 Å². The number of fused-ring (bicyclic) bond motifs is 1. The molecule has 230 valence electrons. The number of aliphatic carboxylic acids is 1. The number of halogens is 2. The number of anilines is 1. The molecule has 2 heterocycles. The lowest BCUT2D eigenvalue weighted by Gasteiger charge is -2.31. The van der Waals surface area contributed by atoms with Crippen LogP contribution in [0.3, 0.4) is 0 Å². The summed E-state index contributed by atoms with van der Waals surface area (Å²) in [4.78, 5) is 41.6. The number of rotatable bonds is 9. The minimum absolute atomic E-state index is 0.0350. The first kappa shape index (κ1) is 30.8. The van der Waals surface area contributed by atoms with E-state index in [1.165, 1.54) is 12.1 Å². The molecule has 0 bridgehead atoms. The fourth-order valence-corrected chi connectivity index (χ4v) is 7.46. The van der Waals surface area contributed by atoms with E-state index >= 15 is 4.39 Å². The van der Waals surface area contributed by atoms with E-state index in [1.807, 2.05) is 13.2 Å². The number of hydrogen-bond acceptors (Lipinski definition) is 6. The number of hydrogen-bond donors (Lipinski definition) is 2. The number of carbonyl (C=O) groups is 3. The van der Waals surface area contributed by atoms with Crippen LogP contribution in [-0.2, 0) is 30.3 Å². The van der Waals surface area contributed by atoms with Crippen LogP contribution in [0.5, 0.6) is 0 Å². The third-order valence-electron chi connectivity index (χ3n) is 9.45. The third-order valence-corrected chi connectivity index (χ3v) is 9.76. The summed E-state index contributed by atoms with van der Waals surface area (Å²) >= 11 is 6.49. The molecule has 2 N–H and O–H groups in total. The van der Waals surface area contributed by atoms with Gasteiger partial charge >= 0.3 is 5.97 Å². The molecule has 42 heavy (non-hydrogen) atoms. The molecule has 2 amide bonds. The largest absolute Gasteiger partial charge is 0.481 e. The van der Waals surface area contributed by atoms with Crippen LogP contribution in [0.25, 0.3) is 0 Å². The van der Waals surface area contributed by atoms with Crippen molar-refractivity contribution in [3.05, 3.63) is 40.3 Å². The van der Waals surface area contributed by atoms with Gasteiger partial charge in [0.15, 0.2) is 0 Å². The number of methoxy groups -OCH3 is 1. The molecule has 3 fully saturated rings. The summed E-state index contributed by atoms with van der Waals surface area (Å²) in [6.45, 7) is 0.694. The Morgan fingerprint density at radius 1 is 1.10 bits per heavy atom. The van der Waals surface area contributed by atoms with Crippen LogP contribution in [0.1, 0.15) is 63.4 Å². The van der Waals surface area contributed by atoms with Crippen LogP contribution in [0.15, 0.2) is 23.9 Å². The number of nitrogens with zero attached hydrogens (tertiary/aromatic N) is 2. The topological polar surface area (TPSA) is 108 Å². The van der Waals surface area contributed by atoms with Crippen LogP contribution in [-0.4, -0.2) is 84.3 Å². The molecule has 0 aromatic heterocycles. The van der Waals surface area contributed by atoms with Crippen molar-refractivity contribution in [3.63, 3.8) is 0 Å². The van der Waals surface area contributed by atoms with Gasteiger partial charge in [0, 0.05) is 44.4 Å². The maximum absolute atomic E-state index is 15.3. The van der Waals surface area contributed by atoms with Gasteiger partial charge < -0.3 is 29.7 Å². The Hall–Kier alpha value is -2.69. The SMILES string of the molecule is COC[C@@H]1C[C@@H](OC2CCC(C(=O)O)CC2)CN1C(=O)Cc1cc(Cl)c(NC(=O)C2=CN(C)C3CCCCC23)cc1F. The predicted octanol–water partition coefficient (Wildman–Crippen LogP) is 4.62. The van der Waals surface area contributed by atoms with Gasteiger partial charge in [-0.1, -0.05) is 24.4 Å². The van der Waals surface area contributed by atoms with Gasteiger partial charge in [0.25, 0.3) is 5.91 Å². The minimum Gasteiger partial charge on any atom is -0.481 e. The highest BCUT2D eigenvalue weighted by Gasteiger charge is 2.39. The van der Waals surface area contributed by atoms with Gasteiger partial charge in [0.05, 0.1) is 47.9 Å². The van der Waals surface area contributed by atoms with Crippen molar-refractivity contribution in [2.75, 3.05) is 32.6 Å². The zero-order valence-corrected chi connectivity index (χ0v) is 25.1. The molecule has 2 unspecified atom stereocenters. The number of carboxylic acids is 1. The predicted molar refractivity (Wildman–Crippen MR) is 156 cm³/mol. The summed E-state index contributed by atoms with van der Waals surface area (Å²) in [5, 5.41) is 12.2. The van der Waals surface area contributed by atoms with Crippen LogP contribution < -0.4 is 5.32 Å². The second-order valence-electron chi connectivity index (χ2n) is 12.2. The molecule has 1 aromatic rings. The number of carboxylic acid groups (broad SMARTS) is 1. The number of carbonyl (C=O) groups excluding carboxylic acids is 2. The summed E-state index contributed by atoms with van der Waals surface area (Å²) in [5.74, 6) is -2.06. The Morgan fingerprint density at radius 3 is 2.55 bits per heavy atom. The first-order chi connectivity index (χ1) is 20.1. The summed E-state index contributed by atoms with van der Waals surface area (Å²) in [6, 6.07) is 2.72. The molecule has 0 spiro atoms. The van der Waals surface area contributed by atoms with Crippen molar-refractivity contribution in [2.24, 2.45) is 11.8 Å². The molecule has 2 aliphatic heterocycles. The highest BCUT2D eigenvalue weighted by molar-refractivity contribution is 6.34. The Morgan fingerprint density at radius 2 is 1.83 bits per heavy atom. The molecule has 1 aromatic carbocycles. The normalized spacial score (nSPS) is 29.3. The van der Waals surface area contributed by atoms with Gasteiger partial charge in [-0.15, -0.1) is 0 Å². The number of likely N-dealkylation sites (tertiary alicyclic amines) is 1. The zero-order valence-electron chi connectivity index (χ0n) is 24.3. The number of amides is 2. The molecular formula is C31H41ClFN3O6. The zero-order chi connectivity index (χ0) is 30.0. The van der Waals surface area contributed by atoms with Gasteiger partial charge in [-0.05, 0) is 62.6 Å². The smallest absolute Gasteiger partial charge is 0.306 e. The van der Waals surface area contributed by atoms with Crippen molar-refractivity contribution >= 4 is 35.1 Å². The van der Waals surface area contributed by atoms with Crippen molar-refractivity contribution in [1.29, 1.82) is 0 Å². The first-order valence-electron chi connectivity index (χ1n) is 15.0. The molecule has 9 nitrogen and oxygen atoms in total. The van der Waals surface area contributed by atoms with Crippen molar-refractivity contribution in [2.45, 2.75) is 88.5 Å². The Labute approximate surface area is 251 Å². The van der Waals surface area contributed by atoms with E-state index in [-0.39, 0.29) is 64.6 Å². The second-order valence-corrected chi connectivity index (χ2v) is 12.6. The molecule has 2 saturated carbocycles. The lowest BCUT2D eigenvalue weighted by atomic mass is 9.81. The second kappa shape index (κ2) is 13.3. The average molecular weight is 606 g/mol. The third kappa shape index (κ3) is 6.76. The van der Waals surface area contributed by atoms with Gasteiger partial charge in [-0.25, -0.2) is 4.39 Å². The summed E-state index contributed by atoms with van der Waals surface area (Å²) in [5.41, 5.74) is 1.04. The minimum atomic E-state index is -0.759. The molecule has 1 saturated heterocycles. The van der Waals surface area contributed by atoms with Crippen molar-refractivity contribution in [3.8, 4) is 0 Å². The van der Waals surface area contributed by atoms with Crippen molar-refractivity contribution in [1.82, 2.24) is 9.80 Å². The monoisotopic (exact) mass is 605 g/mol. The average Bonchev–Trinajstić information content (AvgIpc) is 3.52. The van der Waals surface area contributed by atoms with Gasteiger partial charge in [0.2, 0.25) is 5.91 Å². The van der Waals surface area contributed by atoms with Crippen LogP contribution in [0.2, 0.25) is 5.02 Å². The standard InChI is InChI=1S/C31H41ClFN3O6/c1-35-16-24(23-5-3-4-6-28(23)35)30(38)34-27-14-26(33)19(11-25(27)32)12-29(37)36-15-22(13-20(36)17-41-2)42-21-9-7-18(8-10-21)31(39)40/h11,14,16,18,20-23,28H,3-10,12-13,15,17H2,1-2H3,(H,34,38)(H,39,40)/t18?,20-,21?,22+,23?,28?/m0/s1. The molecule has 4 atom stereocenters. The van der Waals surface area contributed by atoms with Gasteiger partial charge in [0.1, 0.15) is 5.82 Å².